The maximum absolute atomic E-state index is 11.9. The van der Waals surface area contributed by atoms with Crippen molar-refractivity contribution in [3.05, 3.63) is 11.6 Å². The van der Waals surface area contributed by atoms with Gasteiger partial charge >= 0.3 is 5.97 Å². The second-order valence-corrected chi connectivity index (χ2v) is 5.55. The molecule has 0 aromatic rings. The van der Waals surface area contributed by atoms with Crippen molar-refractivity contribution in [3.63, 3.8) is 0 Å². The number of esters is 1. The fourth-order valence-electron chi connectivity index (χ4n) is 2.10. The zero-order chi connectivity index (χ0) is 13.4. The number of rotatable bonds is 4. The first-order chi connectivity index (χ1) is 7.67. The Morgan fingerprint density at radius 1 is 1.35 bits per heavy atom. The van der Waals surface area contributed by atoms with Gasteiger partial charge in [0.15, 0.2) is 6.10 Å². The summed E-state index contributed by atoms with van der Waals surface area (Å²) in [5.74, 6) is -0.918. The van der Waals surface area contributed by atoms with Gasteiger partial charge in [0.1, 0.15) is 0 Å². The van der Waals surface area contributed by atoms with Gasteiger partial charge in [0.25, 0.3) is 5.91 Å². The molecule has 0 radical (unpaired) electrons. The summed E-state index contributed by atoms with van der Waals surface area (Å²) in [6, 6.07) is 0. The minimum atomic E-state index is -0.855. The molecule has 0 bridgehead atoms. The van der Waals surface area contributed by atoms with E-state index in [1.807, 2.05) is 27.7 Å². The number of carbonyl (C=O) groups excluding carboxylic acids is 2. The third-order valence-electron chi connectivity index (χ3n) is 3.37. The summed E-state index contributed by atoms with van der Waals surface area (Å²) < 4.78 is 5.04. The van der Waals surface area contributed by atoms with Crippen molar-refractivity contribution in [2.24, 2.45) is 23.0 Å². The normalized spacial score (nSPS) is 26.9. The second-order valence-electron chi connectivity index (χ2n) is 5.55. The van der Waals surface area contributed by atoms with Crippen molar-refractivity contribution in [2.45, 2.75) is 40.7 Å². The Morgan fingerprint density at radius 3 is 2.29 bits per heavy atom. The monoisotopic (exact) mass is 239 g/mol. The lowest BCUT2D eigenvalue weighted by molar-refractivity contribution is -0.155. The zero-order valence-corrected chi connectivity index (χ0v) is 11.1. The van der Waals surface area contributed by atoms with Crippen LogP contribution >= 0.6 is 0 Å². The minimum absolute atomic E-state index is 0.0915. The van der Waals surface area contributed by atoms with Gasteiger partial charge in [-0.05, 0) is 32.1 Å². The average Bonchev–Trinajstić information content (AvgIpc) is 2.66. The van der Waals surface area contributed by atoms with Gasteiger partial charge < -0.3 is 10.5 Å². The molecule has 0 aliphatic heterocycles. The van der Waals surface area contributed by atoms with Crippen LogP contribution in [0.5, 0.6) is 0 Å². The summed E-state index contributed by atoms with van der Waals surface area (Å²) in [4.78, 5) is 22.7. The molecule has 0 aromatic carbocycles. The fourth-order valence-corrected chi connectivity index (χ4v) is 2.10. The Kier molecular flexibility index (Phi) is 3.65. The lowest BCUT2D eigenvalue weighted by Gasteiger charge is -2.09. The molecule has 3 atom stereocenters. The van der Waals surface area contributed by atoms with E-state index in [9.17, 15) is 9.59 Å². The van der Waals surface area contributed by atoms with E-state index in [4.69, 9.17) is 10.5 Å². The molecule has 0 unspecified atom stereocenters. The lowest BCUT2D eigenvalue weighted by Crippen LogP contribution is -2.31. The molecule has 0 aromatic heterocycles. The van der Waals surface area contributed by atoms with Crippen LogP contribution in [0.3, 0.4) is 0 Å². The molecule has 96 valence electrons. The van der Waals surface area contributed by atoms with E-state index >= 15 is 0 Å². The summed E-state index contributed by atoms with van der Waals surface area (Å²) in [5.41, 5.74) is 6.15. The van der Waals surface area contributed by atoms with Gasteiger partial charge in [-0.1, -0.05) is 25.5 Å². The molecule has 1 saturated carbocycles. The summed E-state index contributed by atoms with van der Waals surface area (Å²) in [6.07, 6.45) is 1.23. The molecule has 4 nitrogen and oxygen atoms in total. The number of allylic oxidation sites excluding steroid dienone is 2. The van der Waals surface area contributed by atoms with Crippen LogP contribution in [-0.4, -0.2) is 18.0 Å². The molecule has 4 heteroatoms. The van der Waals surface area contributed by atoms with Crippen LogP contribution in [0, 0.1) is 17.3 Å². The van der Waals surface area contributed by atoms with Gasteiger partial charge in [0, 0.05) is 0 Å². The Balaban J connectivity index is 2.67. The number of amides is 1. The molecule has 1 fully saturated rings. The summed E-state index contributed by atoms with van der Waals surface area (Å²) in [5, 5.41) is 0. The fraction of sp³-hybridized carbons (Fsp3) is 0.692. The van der Waals surface area contributed by atoms with Crippen molar-refractivity contribution in [3.8, 4) is 0 Å². The van der Waals surface area contributed by atoms with E-state index < -0.39 is 12.0 Å². The van der Waals surface area contributed by atoms with Gasteiger partial charge in [0.05, 0.1) is 5.92 Å². The number of hydrogen-bond acceptors (Lipinski definition) is 3. The van der Waals surface area contributed by atoms with E-state index in [1.54, 1.807) is 0 Å². The lowest BCUT2D eigenvalue weighted by atomic mass is 10.1. The number of primary amides is 1. The Morgan fingerprint density at radius 2 is 1.88 bits per heavy atom. The number of nitrogens with two attached hydrogens (primary N) is 1. The van der Waals surface area contributed by atoms with E-state index in [-0.39, 0.29) is 23.2 Å². The topological polar surface area (TPSA) is 69.4 Å². The van der Waals surface area contributed by atoms with Gasteiger partial charge in [-0.15, -0.1) is 0 Å². The molecular formula is C13H21NO3. The third-order valence-corrected chi connectivity index (χ3v) is 3.37. The SMILES string of the molecule is CC(C)=C[C@@H]1[C@H](C(=O)O[C@@H](C)C(N)=O)C1(C)C. The van der Waals surface area contributed by atoms with Crippen LogP contribution in [-0.2, 0) is 14.3 Å². The second kappa shape index (κ2) is 4.51. The molecule has 1 rings (SSSR count). The number of carbonyl (C=O) groups is 2. The quantitative estimate of drug-likeness (QED) is 0.599. The largest absolute Gasteiger partial charge is 0.452 e. The molecule has 17 heavy (non-hydrogen) atoms. The van der Waals surface area contributed by atoms with E-state index in [0.717, 1.165) is 0 Å². The van der Waals surface area contributed by atoms with Gasteiger partial charge in [-0.3, -0.25) is 9.59 Å². The average molecular weight is 239 g/mol. The van der Waals surface area contributed by atoms with Crippen molar-refractivity contribution >= 4 is 11.9 Å². The van der Waals surface area contributed by atoms with E-state index in [1.165, 1.54) is 12.5 Å². The predicted molar refractivity (Wildman–Crippen MR) is 64.9 cm³/mol. The first kappa shape index (κ1) is 13.7. The van der Waals surface area contributed by atoms with Gasteiger partial charge in [-0.2, -0.15) is 0 Å². The van der Waals surface area contributed by atoms with Gasteiger partial charge in [-0.25, -0.2) is 0 Å². The maximum Gasteiger partial charge on any atom is 0.310 e. The molecule has 1 aliphatic rings. The van der Waals surface area contributed by atoms with E-state index in [0.29, 0.717) is 0 Å². The van der Waals surface area contributed by atoms with Crippen LogP contribution in [0.25, 0.3) is 0 Å². The van der Waals surface area contributed by atoms with Crippen LogP contribution in [0.2, 0.25) is 0 Å². The van der Waals surface area contributed by atoms with Crippen LogP contribution in [0.4, 0.5) is 0 Å². The summed E-state index contributed by atoms with van der Waals surface area (Å²) >= 11 is 0. The summed E-state index contributed by atoms with van der Waals surface area (Å²) in [6.45, 7) is 9.55. The molecule has 1 amide bonds. The first-order valence-corrected chi connectivity index (χ1v) is 5.82. The van der Waals surface area contributed by atoms with Crippen molar-refractivity contribution in [1.82, 2.24) is 0 Å². The molecule has 2 N–H and O–H groups in total. The highest BCUT2D eigenvalue weighted by molar-refractivity contribution is 5.84. The Labute approximate surface area is 102 Å². The van der Waals surface area contributed by atoms with Crippen molar-refractivity contribution in [2.75, 3.05) is 0 Å². The molecule has 0 heterocycles. The van der Waals surface area contributed by atoms with Crippen LogP contribution in [0.15, 0.2) is 11.6 Å². The van der Waals surface area contributed by atoms with Crippen LogP contribution < -0.4 is 5.73 Å². The highest BCUT2D eigenvalue weighted by atomic mass is 16.5. The zero-order valence-electron chi connectivity index (χ0n) is 11.1. The molecule has 0 spiro atoms. The predicted octanol–water partition coefficient (Wildman–Crippen LogP) is 1.64. The number of hydrogen-bond donors (Lipinski definition) is 1. The minimum Gasteiger partial charge on any atom is -0.452 e. The maximum atomic E-state index is 11.9. The Bertz CT molecular complexity index is 367. The smallest absolute Gasteiger partial charge is 0.310 e. The highest BCUT2D eigenvalue weighted by Crippen LogP contribution is 2.59. The highest BCUT2D eigenvalue weighted by Gasteiger charge is 2.61. The van der Waals surface area contributed by atoms with Crippen LogP contribution in [0.1, 0.15) is 34.6 Å². The summed E-state index contributed by atoms with van der Waals surface area (Å²) in [7, 11) is 0. The van der Waals surface area contributed by atoms with Crippen molar-refractivity contribution in [1.29, 1.82) is 0 Å². The standard InChI is InChI=1S/C13H21NO3/c1-7(2)6-9-10(13(9,4)5)12(16)17-8(3)11(14)15/h6,8-10H,1-5H3,(H2,14,15)/t8-,9+,10+/m0/s1. The molecule has 1 aliphatic carbocycles. The first-order valence-electron chi connectivity index (χ1n) is 5.82. The van der Waals surface area contributed by atoms with Crippen molar-refractivity contribution < 1.29 is 14.3 Å². The molecule has 0 saturated heterocycles. The molecular weight excluding hydrogens is 218 g/mol. The number of ether oxygens (including phenoxy) is 1. The third kappa shape index (κ3) is 2.87. The Hall–Kier alpha value is -1.32. The van der Waals surface area contributed by atoms with Gasteiger partial charge in [0.2, 0.25) is 0 Å². The van der Waals surface area contributed by atoms with E-state index in [2.05, 4.69) is 6.08 Å².